The van der Waals surface area contributed by atoms with Crippen LogP contribution in [0, 0.1) is 17.0 Å². The van der Waals surface area contributed by atoms with Gasteiger partial charge in [0.2, 0.25) is 0 Å². The van der Waals surface area contributed by atoms with Gasteiger partial charge in [-0.05, 0) is 54.3 Å². The van der Waals surface area contributed by atoms with Crippen molar-refractivity contribution in [3.8, 4) is 11.4 Å². The third-order valence-electron chi connectivity index (χ3n) is 5.09. The number of non-ortho nitro benzene ring substituents is 1. The molecule has 0 spiro atoms. The van der Waals surface area contributed by atoms with Gasteiger partial charge >= 0.3 is 5.97 Å². The van der Waals surface area contributed by atoms with Crippen molar-refractivity contribution in [1.29, 1.82) is 0 Å². The number of carbonyl (C=O) groups is 1. The van der Waals surface area contributed by atoms with Gasteiger partial charge in [0.1, 0.15) is 16.7 Å². The summed E-state index contributed by atoms with van der Waals surface area (Å²) in [4.78, 5) is 24.8. The Morgan fingerprint density at radius 1 is 1.03 bits per heavy atom. The number of nitro groups is 1. The second kappa shape index (κ2) is 8.29. The van der Waals surface area contributed by atoms with Crippen LogP contribution >= 0.6 is 11.6 Å². The van der Waals surface area contributed by atoms with Crippen LogP contribution in [0.3, 0.4) is 0 Å². The normalized spacial score (nSPS) is 11.5. The number of nitro benzene ring substituents is 1. The molecular formula is C24H21ClN4O4. The molecular weight excluding hydrogens is 444 g/mol. The number of aromatic nitrogens is 3. The minimum atomic E-state index is -0.639. The van der Waals surface area contributed by atoms with Crippen LogP contribution in [0.4, 0.5) is 5.69 Å². The lowest BCUT2D eigenvalue weighted by molar-refractivity contribution is -0.384. The molecule has 9 heteroatoms. The fraction of sp³-hybridized carbons (Fsp3) is 0.208. The second-order valence-electron chi connectivity index (χ2n) is 8.73. The van der Waals surface area contributed by atoms with Crippen LogP contribution < -0.4 is 4.74 Å². The number of nitrogens with zero attached hydrogens (tertiary/aromatic N) is 4. The predicted octanol–water partition coefficient (Wildman–Crippen LogP) is 5.81. The molecule has 0 saturated carbocycles. The zero-order valence-corrected chi connectivity index (χ0v) is 19.3. The number of fused-ring (bicyclic) bond motifs is 1. The lowest BCUT2D eigenvalue weighted by atomic mass is 9.85. The average Bonchev–Trinajstić information content (AvgIpc) is 3.16. The van der Waals surface area contributed by atoms with E-state index in [0.717, 1.165) is 11.1 Å². The van der Waals surface area contributed by atoms with E-state index < -0.39 is 10.9 Å². The monoisotopic (exact) mass is 464 g/mol. The molecule has 168 valence electrons. The van der Waals surface area contributed by atoms with Crippen molar-refractivity contribution in [1.82, 2.24) is 15.0 Å². The predicted molar refractivity (Wildman–Crippen MR) is 125 cm³/mol. The van der Waals surface area contributed by atoms with Crippen molar-refractivity contribution in [2.75, 3.05) is 0 Å². The van der Waals surface area contributed by atoms with Crippen molar-refractivity contribution in [2.45, 2.75) is 33.1 Å². The standard InChI is InChI=1S/C24H21ClN4O4/c1-14-11-18(24(2,3)4)22(33-23(30)15-5-8-17(9-6-15)29(31)32)21(12-14)28-26-19-10-7-16(25)13-20(19)27-28/h5-13H,1-4H3. The maximum atomic E-state index is 13.0. The van der Waals surface area contributed by atoms with Crippen LogP contribution in [0.1, 0.15) is 42.3 Å². The first-order valence-corrected chi connectivity index (χ1v) is 10.6. The topological polar surface area (TPSA) is 100 Å². The zero-order chi connectivity index (χ0) is 23.9. The summed E-state index contributed by atoms with van der Waals surface area (Å²) in [6, 6.07) is 14.3. The number of aryl methyl sites for hydroxylation is 1. The maximum absolute atomic E-state index is 13.0. The van der Waals surface area contributed by atoms with E-state index in [1.807, 2.05) is 39.8 Å². The summed E-state index contributed by atoms with van der Waals surface area (Å²) in [5.74, 6) is -0.317. The van der Waals surface area contributed by atoms with Crippen LogP contribution in [0.15, 0.2) is 54.6 Å². The minimum absolute atomic E-state index is 0.107. The van der Waals surface area contributed by atoms with Crippen molar-refractivity contribution in [3.63, 3.8) is 0 Å². The summed E-state index contributed by atoms with van der Waals surface area (Å²) in [7, 11) is 0. The molecule has 0 saturated heterocycles. The number of hydrogen-bond acceptors (Lipinski definition) is 6. The van der Waals surface area contributed by atoms with Gasteiger partial charge < -0.3 is 4.74 Å². The van der Waals surface area contributed by atoms with Crippen molar-refractivity contribution >= 4 is 34.3 Å². The Hall–Kier alpha value is -3.78. The SMILES string of the molecule is Cc1cc(-n2nc3ccc(Cl)cc3n2)c(OC(=O)c2ccc([N+](=O)[O-])cc2)c(C(C)(C)C)c1. The van der Waals surface area contributed by atoms with Gasteiger partial charge in [-0.25, -0.2) is 4.79 Å². The van der Waals surface area contributed by atoms with E-state index in [1.54, 1.807) is 18.2 Å². The Morgan fingerprint density at radius 2 is 1.70 bits per heavy atom. The highest BCUT2D eigenvalue weighted by Gasteiger charge is 2.26. The van der Waals surface area contributed by atoms with Gasteiger partial charge in [-0.15, -0.1) is 15.0 Å². The molecule has 4 rings (SSSR count). The van der Waals surface area contributed by atoms with Gasteiger partial charge in [0.05, 0.1) is 10.5 Å². The number of esters is 1. The molecule has 0 radical (unpaired) electrons. The molecule has 8 nitrogen and oxygen atoms in total. The fourth-order valence-electron chi connectivity index (χ4n) is 3.43. The summed E-state index contributed by atoms with van der Waals surface area (Å²) in [6.45, 7) is 7.99. The van der Waals surface area contributed by atoms with E-state index in [9.17, 15) is 14.9 Å². The molecule has 1 aromatic heterocycles. The van der Waals surface area contributed by atoms with Crippen LogP contribution in [0.2, 0.25) is 5.02 Å². The van der Waals surface area contributed by atoms with Gasteiger partial charge in [-0.1, -0.05) is 38.4 Å². The minimum Gasteiger partial charge on any atom is -0.420 e. The van der Waals surface area contributed by atoms with Gasteiger partial charge in [0, 0.05) is 22.7 Å². The second-order valence-corrected chi connectivity index (χ2v) is 9.16. The van der Waals surface area contributed by atoms with Crippen molar-refractivity contribution in [3.05, 3.63) is 86.4 Å². The first-order chi connectivity index (χ1) is 15.5. The Kier molecular flexibility index (Phi) is 5.63. The maximum Gasteiger partial charge on any atom is 0.343 e. The smallest absolute Gasteiger partial charge is 0.343 e. The molecule has 0 aliphatic heterocycles. The van der Waals surface area contributed by atoms with E-state index in [4.69, 9.17) is 16.3 Å². The van der Waals surface area contributed by atoms with Gasteiger partial charge in [0.25, 0.3) is 5.69 Å². The number of hydrogen-bond donors (Lipinski definition) is 0. The van der Waals surface area contributed by atoms with Crippen LogP contribution in [0.25, 0.3) is 16.7 Å². The third-order valence-corrected chi connectivity index (χ3v) is 5.32. The summed E-state index contributed by atoms with van der Waals surface area (Å²) in [6.07, 6.45) is 0. The first-order valence-electron chi connectivity index (χ1n) is 10.2. The molecule has 0 bridgehead atoms. The Morgan fingerprint density at radius 3 is 2.33 bits per heavy atom. The Labute approximate surface area is 194 Å². The lowest BCUT2D eigenvalue weighted by Crippen LogP contribution is -2.19. The number of ether oxygens (including phenoxy) is 1. The van der Waals surface area contributed by atoms with E-state index in [1.165, 1.54) is 29.1 Å². The fourth-order valence-corrected chi connectivity index (χ4v) is 3.60. The molecule has 3 aromatic carbocycles. The summed E-state index contributed by atoms with van der Waals surface area (Å²) in [5.41, 5.74) is 3.22. The van der Waals surface area contributed by atoms with E-state index in [0.29, 0.717) is 27.5 Å². The van der Waals surface area contributed by atoms with Crippen LogP contribution in [-0.4, -0.2) is 25.9 Å². The quantitative estimate of drug-likeness (QED) is 0.163. The van der Waals surface area contributed by atoms with Gasteiger partial charge in [-0.3, -0.25) is 10.1 Å². The van der Waals surface area contributed by atoms with E-state index in [2.05, 4.69) is 10.2 Å². The molecule has 0 unspecified atom stereocenters. The van der Waals surface area contributed by atoms with E-state index in [-0.39, 0.29) is 16.7 Å². The summed E-state index contributed by atoms with van der Waals surface area (Å²) < 4.78 is 5.88. The molecule has 1 heterocycles. The number of halogens is 1. The first kappa shape index (κ1) is 22.4. The molecule has 0 N–H and O–H groups in total. The zero-order valence-electron chi connectivity index (χ0n) is 18.5. The molecule has 0 aliphatic rings. The van der Waals surface area contributed by atoms with Crippen molar-refractivity contribution in [2.24, 2.45) is 0 Å². The molecule has 0 aliphatic carbocycles. The highest BCUT2D eigenvalue weighted by Crippen LogP contribution is 2.38. The van der Waals surface area contributed by atoms with Crippen molar-refractivity contribution < 1.29 is 14.5 Å². The van der Waals surface area contributed by atoms with Crippen LogP contribution in [-0.2, 0) is 5.41 Å². The molecule has 0 amide bonds. The van der Waals surface area contributed by atoms with Gasteiger partial charge in [0.15, 0.2) is 5.75 Å². The molecule has 0 fully saturated rings. The average molecular weight is 465 g/mol. The molecule has 0 atom stereocenters. The number of carbonyl (C=O) groups excluding carboxylic acids is 1. The number of rotatable bonds is 4. The summed E-state index contributed by atoms with van der Waals surface area (Å²) in [5, 5.41) is 20.5. The molecule has 4 aromatic rings. The highest BCUT2D eigenvalue weighted by atomic mass is 35.5. The van der Waals surface area contributed by atoms with Gasteiger partial charge in [-0.2, -0.15) is 0 Å². The Bertz CT molecular complexity index is 1390. The number of benzene rings is 3. The summed E-state index contributed by atoms with van der Waals surface area (Å²) >= 11 is 6.09. The largest absolute Gasteiger partial charge is 0.420 e. The van der Waals surface area contributed by atoms with E-state index >= 15 is 0 Å². The third kappa shape index (κ3) is 4.56. The van der Waals surface area contributed by atoms with Crippen LogP contribution in [0.5, 0.6) is 5.75 Å². The lowest BCUT2D eigenvalue weighted by Gasteiger charge is -2.24. The molecule has 33 heavy (non-hydrogen) atoms. The highest BCUT2D eigenvalue weighted by molar-refractivity contribution is 6.31. The Balaban J connectivity index is 1.84.